The van der Waals surface area contributed by atoms with Crippen LogP contribution in [0.3, 0.4) is 0 Å². The Morgan fingerprint density at radius 3 is 2.54 bits per heavy atom. The number of aliphatic hydroxyl groups is 1. The Morgan fingerprint density at radius 2 is 1.79 bits per heavy atom. The molecule has 124 valence electrons. The van der Waals surface area contributed by atoms with E-state index in [-0.39, 0.29) is 6.61 Å². The van der Waals surface area contributed by atoms with E-state index in [1.807, 2.05) is 24.3 Å². The molecule has 2 heterocycles. The van der Waals surface area contributed by atoms with E-state index in [1.54, 1.807) is 0 Å². The first-order chi connectivity index (χ1) is 11.8. The molecule has 0 aliphatic rings. The van der Waals surface area contributed by atoms with Crippen molar-refractivity contribution in [3.63, 3.8) is 0 Å². The van der Waals surface area contributed by atoms with E-state index < -0.39 is 0 Å². The number of aromatic nitrogens is 4. The molecule has 0 saturated heterocycles. The number of anilines is 3. The second-order valence-corrected chi connectivity index (χ2v) is 4.86. The highest BCUT2D eigenvalue weighted by Crippen LogP contribution is 2.25. The van der Waals surface area contributed by atoms with Crippen LogP contribution in [0.4, 0.5) is 17.3 Å². The van der Waals surface area contributed by atoms with Gasteiger partial charge >= 0.3 is 0 Å². The molecule has 0 spiro atoms. The van der Waals surface area contributed by atoms with Crippen LogP contribution in [0.15, 0.2) is 36.9 Å². The van der Waals surface area contributed by atoms with E-state index in [1.165, 1.54) is 12.7 Å². The summed E-state index contributed by atoms with van der Waals surface area (Å²) in [6.07, 6.45) is 3.39. The first-order valence-electron chi connectivity index (χ1n) is 7.35. The maximum Gasteiger partial charge on any atom is 0.170 e. The number of aliphatic hydroxyl groups excluding tert-OH is 1. The van der Waals surface area contributed by atoms with Gasteiger partial charge in [0, 0.05) is 24.8 Å². The molecule has 0 radical (unpaired) electrons. The highest BCUT2D eigenvalue weighted by Gasteiger charge is 2.10. The molecule has 9 nitrogen and oxygen atoms in total. The van der Waals surface area contributed by atoms with Gasteiger partial charge in [-0.2, -0.15) is 0 Å². The monoisotopic (exact) mass is 327 g/mol. The Hall–Kier alpha value is -3.04. The van der Waals surface area contributed by atoms with E-state index >= 15 is 0 Å². The smallest absolute Gasteiger partial charge is 0.170 e. The van der Waals surface area contributed by atoms with E-state index in [0.29, 0.717) is 41.4 Å². The van der Waals surface area contributed by atoms with Gasteiger partial charge in [-0.3, -0.25) is 0 Å². The van der Waals surface area contributed by atoms with Gasteiger partial charge < -0.3 is 20.6 Å². The second kappa shape index (κ2) is 7.49. The van der Waals surface area contributed by atoms with Crippen molar-refractivity contribution >= 4 is 28.4 Å². The molecule has 0 aliphatic carbocycles. The summed E-state index contributed by atoms with van der Waals surface area (Å²) in [6, 6.07) is 7.44. The molecule has 0 unspecified atom stereocenters. The molecule has 24 heavy (non-hydrogen) atoms. The maximum atomic E-state index is 8.80. The molecule has 0 saturated carbocycles. The minimum absolute atomic E-state index is 0.0993. The van der Waals surface area contributed by atoms with Gasteiger partial charge in [-0.1, -0.05) is 6.07 Å². The minimum atomic E-state index is 0.0993. The van der Waals surface area contributed by atoms with Gasteiger partial charge in [0.25, 0.3) is 0 Å². The van der Waals surface area contributed by atoms with Crippen LogP contribution >= 0.6 is 0 Å². The van der Waals surface area contributed by atoms with Crippen LogP contribution in [0.1, 0.15) is 6.42 Å². The molecule has 3 rings (SSSR count). The fourth-order valence-electron chi connectivity index (χ4n) is 2.13. The Morgan fingerprint density at radius 1 is 1.04 bits per heavy atom. The van der Waals surface area contributed by atoms with Crippen molar-refractivity contribution < 1.29 is 9.84 Å². The number of fused-ring (bicyclic) bond motifs is 1. The largest absolute Gasteiger partial charge is 0.493 e. The third-order valence-electron chi connectivity index (χ3n) is 3.22. The van der Waals surface area contributed by atoms with Crippen molar-refractivity contribution in [2.24, 2.45) is 5.84 Å². The summed E-state index contributed by atoms with van der Waals surface area (Å²) in [6.45, 7) is 0.553. The third kappa shape index (κ3) is 3.47. The van der Waals surface area contributed by atoms with Gasteiger partial charge in [0.1, 0.15) is 29.4 Å². The number of nitrogens with zero attached hydrogens (tertiary/aromatic N) is 4. The summed E-state index contributed by atoms with van der Waals surface area (Å²) in [4.78, 5) is 16.6. The van der Waals surface area contributed by atoms with Crippen LogP contribution in [0.2, 0.25) is 0 Å². The predicted molar refractivity (Wildman–Crippen MR) is 89.9 cm³/mol. The molecule has 0 amide bonds. The number of rotatable bonds is 7. The van der Waals surface area contributed by atoms with E-state index in [4.69, 9.17) is 15.7 Å². The zero-order chi connectivity index (χ0) is 16.8. The van der Waals surface area contributed by atoms with Gasteiger partial charge in [0.05, 0.1) is 6.61 Å². The zero-order valence-corrected chi connectivity index (χ0v) is 12.8. The number of hydrogen-bond donors (Lipinski definition) is 4. The first-order valence-corrected chi connectivity index (χ1v) is 7.35. The van der Waals surface area contributed by atoms with Crippen LogP contribution in [0.5, 0.6) is 5.75 Å². The highest BCUT2D eigenvalue weighted by molar-refractivity contribution is 5.93. The standard InChI is InChI=1S/C15H17N7O2/c16-22-15-13-12(17-9-20-15)14(19-8-18-13)21-10-3-1-4-11(7-10)24-6-2-5-23/h1,3-4,7-9,23H,2,5-6,16H2,(H,17,20,22)(H,18,19,21). The van der Waals surface area contributed by atoms with E-state index in [0.717, 1.165) is 5.69 Å². The van der Waals surface area contributed by atoms with Gasteiger partial charge in [0.2, 0.25) is 0 Å². The molecule has 0 aliphatic heterocycles. The lowest BCUT2D eigenvalue weighted by atomic mass is 10.3. The molecule has 0 atom stereocenters. The number of hydrogen-bond acceptors (Lipinski definition) is 9. The minimum Gasteiger partial charge on any atom is -0.493 e. The number of hydrazine groups is 1. The summed E-state index contributed by atoms with van der Waals surface area (Å²) < 4.78 is 5.56. The highest BCUT2D eigenvalue weighted by atomic mass is 16.5. The zero-order valence-electron chi connectivity index (χ0n) is 12.8. The predicted octanol–water partition coefficient (Wildman–Crippen LogP) is 1.21. The van der Waals surface area contributed by atoms with Crippen molar-refractivity contribution in [2.45, 2.75) is 6.42 Å². The molecular weight excluding hydrogens is 310 g/mol. The quantitative estimate of drug-likeness (QED) is 0.287. The Balaban J connectivity index is 1.86. The molecule has 0 fully saturated rings. The number of ether oxygens (including phenoxy) is 1. The summed E-state index contributed by atoms with van der Waals surface area (Å²) in [5.41, 5.74) is 4.35. The van der Waals surface area contributed by atoms with E-state index in [9.17, 15) is 0 Å². The summed E-state index contributed by atoms with van der Waals surface area (Å²) in [7, 11) is 0. The number of nitrogens with one attached hydrogen (secondary N) is 2. The summed E-state index contributed by atoms with van der Waals surface area (Å²) >= 11 is 0. The van der Waals surface area contributed by atoms with Crippen LogP contribution in [-0.2, 0) is 0 Å². The molecule has 2 aromatic heterocycles. The average Bonchev–Trinajstić information content (AvgIpc) is 2.62. The molecular formula is C15H17N7O2. The fraction of sp³-hybridized carbons (Fsp3) is 0.200. The number of nitrogen functional groups attached to an aromatic ring is 1. The molecule has 1 aromatic carbocycles. The van der Waals surface area contributed by atoms with Crippen LogP contribution in [0, 0.1) is 0 Å². The maximum absolute atomic E-state index is 8.80. The third-order valence-corrected chi connectivity index (χ3v) is 3.22. The van der Waals surface area contributed by atoms with Crippen molar-refractivity contribution in [3.8, 4) is 5.75 Å². The summed E-state index contributed by atoms with van der Waals surface area (Å²) in [5, 5.41) is 12.0. The Kier molecular flexibility index (Phi) is 4.94. The van der Waals surface area contributed by atoms with Crippen molar-refractivity contribution in [1.82, 2.24) is 19.9 Å². The normalized spacial score (nSPS) is 10.6. The topological polar surface area (TPSA) is 131 Å². The summed E-state index contributed by atoms with van der Waals surface area (Å²) in [5.74, 6) is 7.10. The molecule has 9 heteroatoms. The molecule has 5 N–H and O–H groups in total. The van der Waals surface area contributed by atoms with Gasteiger partial charge in [-0.15, -0.1) is 0 Å². The number of benzene rings is 1. The molecule has 3 aromatic rings. The SMILES string of the molecule is NNc1ncnc2c(Nc3cccc(OCCCO)c3)ncnc12. The van der Waals surface area contributed by atoms with Crippen LogP contribution in [-0.4, -0.2) is 38.3 Å². The Bertz CT molecular complexity index is 828. The van der Waals surface area contributed by atoms with Crippen LogP contribution < -0.4 is 21.3 Å². The number of nitrogens with two attached hydrogens (primary N) is 1. The second-order valence-electron chi connectivity index (χ2n) is 4.86. The van der Waals surface area contributed by atoms with E-state index in [2.05, 4.69) is 30.7 Å². The lowest BCUT2D eigenvalue weighted by Crippen LogP contribution is -2.10. The Labute approximate surface area is 137 Å². The fourth-order valence-corrected chi connectivity index (χ4v) is 2.13. The lowest BCUT2D eigenvalue weighted by molar-refractivity contribution is 0.233. The van der Waals surface area contributed by atoms with Gasteiger partial charge in [-0.25, -0.2) is 25.8 Å². The average molecular weight is 327 g/mol. The van der Waals surface area contributed by atoms with Gasteiger partial charge in [-0.05, 0) is 12.1 Å². The first kappa shape index (κ1) is 15.8. The van der Waals surface area contributed by atoms with Crippen molar-refractivity contribution in [1.29, 1.82) is 0 Å². The lowest BCUT2D eigenvalue weighted by Gasteiger charge is -2.11. The van der Waals surface area contributed by atoms with Crippen molar-refractivity contribution in [2.75, 3.05) is 24.0 Å². The van der Waals surface area contributed by atoms with Crippen molar-refractivity contribution in [3.05, 3.63) is 36.9 Å². The molecule has 0 bridgehead atoms. The van der Waals surface area contributed by atoms with Gasteiger partial charge in [0.15, 0.2) is 11.6 Å². The van der Waals surface area contributed by atoms with Crippen LogP contribution in [0.25, 0.3) is 11.0 Å².